The number of nitrogens with zero attached hydrogens (tertiary/aromatic N) is 3. The standard InChI is InChI=1S/C24H18N4O4S2/c29-20-14-34-24(31)28(20)12-15-6-8-16(9-7-15)27-22(30)21-18(13-33-23-25-10-3-11-26-23)17-4-1-2-5-19(17)32-21/h1-11H,12-14H2,(H,27,30). The van der Waals surface area contributed by atoms with Gasteiger partial charge in [0.2, 0.25) is 5.91 Å². The van der Waals surface area contributed by atoms with Crippen LogP contribution in [0.1, 0.15) is 21.7 Å². The van der Waals surface area contributed by atoms with Gasteiger partial charge in [-0.15, -0.1) is 0 Å². The van der Waals surface area contributed by atoms with Gasteiger partial charge in [-0.05, 0) is 29.8 Å². The molecule has 0 unspecified atom stereocenters. The molecule has 0 spiro atoms. The number of amides is 3. The summed E-state index contributed by atoms with van der Waals surface area (Å²) in [5.74, 6) is 0.331. The highest BCUT2D eigenvalue weighted by Crippen LogP contribution is 2.31. The molecule has 2 aromatic heterocycles. The van der Waals surface area contributed by atoms with E-state index < -0.39 is 0 Å². The monoisotopic (exact) mass is 490 g/mol. The number of hydrogen-bond donors (Lipinski definition) is 1. The van der Waals surface area contributed by atoms with Crippen molar-refractivity contribution in [1.82, 2.24) is 14.9 Å². The number of nitrogens with one attached hydrogen (secondary N) is 1. The molecule has 8 nitrogen and oxygen atoms in total. The van der Waals surface area contributed by atoms with E-state index in [4.69, 9.17) is 4.42 Å². The predicted octanol–water partition coefficient (Wildman–Crippen LogP) is 4.96. The Labute approximate surface area is 203 Å². The lowest BCUT2D eigenvalue weighted by Crippen LogP contribution is -2.27. The van der Waals surface area contributed by atoms with E-state index >= 15 is 0 Å². The highest BCUT2D eigenvalue weighted by molar-refractivity contribution is 8.14. The largest absolute Gasteiger partial charge is 0.451 e. The number of fused-ring (bicyclic) bond motifs is 1. The van der Waals surface area contributed by atoms with Crippen molar-refractivity contribution in [3.8, 4) is 0 Å². The molecule has 0 aliphatic carbocycles. The first-order valence-electron chi connectivity index (χ1n) is 10.4. The van der Waals surface area contributed by atoms with Crippen LogP contribution in [0.15, 0.2) is 76.6 Å². The van der Waals surface area contributed by atoms with E-state index in [1.54, 1.807) is 42.7 Å². The Kier molecular flexibility index (Phi) is 6.33. The molecule has 10 heteroatoms. The average molecular weight is 491 g/mol. The molecule has 3 heterocycles. The van der Waals surface area contributed by atoms with Crippen molar-refractivity contribution in [3.63, 3.8) is 0 Å². The van der Waals surface area contributed by atoms with Gasteiger partial charge in [0.25, 0.3) is 11.1 Å². The van der Waals surface area contributed by atoms with E-state index in [-0.39, 0.29) is 35.1 Å². The first kappa shape index (κ1) is 22.2. The van der Waals surface area contributed by atoms with Crippen molar-refractivity contribution < 1.29 is 18.8 Å². The summed E-state index contributed by atoms with van der Waals surface area (Å²) in [4.78, 5) is 46.4. The third-order valence-electron chi connectivity index (χ3n) is 5.19. The number of rotatable bonds is 7. The van der Waals surface area contributed by atoms with Crippen LogP contribution in [-0.2, 0) is 17.1 Å². The average Bonchev–Trinajstić information content (AvgIpc) is 3.39. The van der Waals surface area contributed by atoms with E-state index in [1.807, 2.05) is 24.3 Å². The van der Waals surface area contributed by atoms with E-state index in [9.17, 15) is 14.4 Å². The van der Waals surface area contributed by atoms with Gasteiger partial charge in [-0.1, -0.05) is 53.9 Å². The van der Waals surface area contributed by atoms with Crippen molar-refractivity contribution in [3.05, 3.63) is 83.9 Å². The van der Waals surface area contributed by atoms with Gasteiger partial charge < -0.3 is 9.73 Å². The van der Waals surface area contributed by atoms with Crippen molar-refractivity contribution in [2.24, 2.45) is 0 Å². The highest BCUT2D eigenvalue weighted by Gasteiger charge is 2.29. The molecule has 0 bridgehead atoms. The zero-order valence-electron chi connectivity index (χ0n) is 17.8. The van der Waals surface area contributed by atoms with Crippen LogP contribution in [0.3, 0.4) is 0 Å². The lowest BCUT2D eigenvalue weighted by atomic mass is 10.1. The van der Waals surface area contributed by atoms with Crippen LogP contribution in [0, 0.1) is 0 Å². The normalized spacial score (nSPS) is 13.6. The van der Waals surface area contributed by atoms with Gasteiger partial charge in [0.05, 0.1) is 12.3 Å². The van der Waals surface area contributed by atoms with Crippen LogP contribution in [-0.4, -0.2) is 37.7 Å². The van der Waals surface area contributed by atoms with E-state index in [1.165, 1.54) is 16.7 Å². The molecular formula is C24H18N4O4S2. The summed E-state index contributed by atoms with van der Waals surface area (Å²) in [5, 5.41) is 4.11. The Balaban J connectivity index is 1.33. The van der Waals surface area contributed by atoms with Crippen LogP contribution < -0.4 is 5.32 Å². The van der Waals surface area contributed by atoms with Gasteiger partial charge in [0, 0.05) is 34.8 Å². The third kappa shape index (κ3) is 4.68. The second kappa shape index (κ2) is 9.70. The molecule has 1 saturated heterocycles. The Hall–Kier alpha value is -3.63. The number of aromatic nitrogens is 2. The van der Waals surface area contributed by atoms with Gasteiger partial charge in [-0.3, -0.25) is 19.3 Å². The maximum Gasteiger partial charge on any atom is 0.291 e. The number of para-hydroxylation sites is 1. The van der Waals surface area contributed by atoms with Crippen LogP contribution >= 0.6 is 23.5 Å². The van der Waals surface area contributed by atoms with Gasteiger partial charge in [0.15, 0.2) is 10.9 Å². The molecule has 5 rings (SSSR count). The predicted molar refractivity (Wildman–Crippen MR) is 131 cm³/mol. The van der Waals surface area contributed by atoms with Crippen molar-refractivity contribution >= 4 is 57.2 Å². The maximum absolute atomic E-state index is 13.1. The number of imide groups is 1. The zero-order chi connectivity index (χ0) is 23.5. The fraction of sp³-hybridized carbons (Fsp3) is 0.125. The second-order valence-corrected chi connectivity index (χ2v) is 9.28. The Morgan fingerprint density at radius 1 is 1.06 bits per heavy atom. The summed E-state index contributed by atoms with van der Waals surface area (Å²) in [6.07, 6.45) is 3.35. The summed E-state index contributed by atoms with van der Waals surface area (Å²) in [6.45, 7) is 0.214. The molecule has 0 atom stereocenters. The minimum Gasteiger partial charge on any atom is -0.451 e. The van der Waals surface area contributed by atoms with Crippen molar-refractivity contribution in [2.45, 2.75) is 17.5 Å². The smallest absolute Gasteiger partial charge is 0.291 e. The number of hydrogen-bond acceptors (Lipinski definition) is 8. The number of anilines is 1. The molecule has 170 valence electrons. The third-order valence-corrected chi connectivity index (χ3v) is 6.95. The molecule has 0 radical (unpaired) electrons. The van der Waals surface area contributed by atoms with Crippen LogP contribution in [0.25, 0.3) is 11.0 Å². The lowest BCUT2D eigenvalue weighted by Gasteiger charge is -2.13. The molecule has 1 aliphatic heterocycles. The topological polar surface area (TPSA) is 105 Å². The maximum atomic E-state index is 13.1. The molecule has 1 fully saturated rings. The first-order chi connectivity index (χ1) is 16.6. The number of furan rings is 1. The minimum atomic E-state index is -0.366. The quantitative estimate of drug-likeness (QED) is 0.286. The van der Waals surface area contributed by atoms with Gasteiger partial charge in [0.1, 0.15) is 5.58 Å². The van der Waals surface area contributed by atoms with Crippen molar-refractivity contribution in [2.75, 3.05) is 11.1 Å². The fourth-order valence-corrected chi connectivity index (χ4v) is 5.08. The molecule has 34 heavy (non-hydrogen) atoms. The Morgan fingerprint density at radius 3 is 2.56 bits per heavy atom. The SMILES string of the molecule is O=C(Nc1ccc(CN2C(=O)CSC2=O)cc1)c1oc2ccccc2c1CSc1ncccn1. The summed E-state index contributed by atoms with van der Waals surface area (Å²) >= 11 is 2.43. The molecule has 0 saturated carbocycles. The van der Waals surface area contributed by atoms with Crippen LogP contribution in [0.4, 0.5) is 10.5 Å². The number of thioether (sulfide) groups is 2. The molecule has 1 aliphatic rings. The highest BCUT2D eigenvalue weighted by atomic mass is 32.2. The lowest BCUT2D eigenvalue weighted by molar-refractivity contribution is -0.125. The molecule has 3 amide bonds. The van der Waals surface area contributed by atoms with E-state index in [2.05, 4.69) is 15.3 Å². The molecule has 4 aromatic rings. The van der Waals surface area contributed by atoms with Gasteiger partial charge >= 0.3 is 0 Å². The number of benzene rings is 2. The van der Waals surface area contributed by atoms with Gasteiger partial charge in [-0.2, -0.15) is 0 Å². The molecule has 1 N–H and O–H groups in total. The summed E-state index contributed by atoms with van der Waals surface area (Å²) in [7, 11) is 0. The fourth-order valence-electron chi connectivity index (χ4n) is 3.52. The Bertz CT molecular complexity index is 1360. The van der Waals surface area contributed by atoms with Crippen molar-refractivity contribution in [1.29, 1.82) is 0 Å². The van der Waals surface area contributed by atoms with Crippen LogP contribution in [0.2, 0.25) is 0 Å². The minimum absolute atomic E-state index is 0.182. The second-order valence-electron chi connectivity index (χ2n) is 7.41. The first-order valence-corrected chi connectivity index (χ1v) is 12.3. The number of carbonyl (C=O) groups excluding carboxylic acids is 3. The van der Waals surface area contributed by atoms with Gasteiger partial charge in [-0.25, -0.2) is 9.97 Å². The summed E-state index contributed by atoms with van der Waals surface area (Å²) in [5.41, 5.74) is 2.77. The summed E-state index contributed by atoms with van der Waals surface area (Å²) < 4.78 is 5.91. The molecule has 2 aromatic carbocycles. The number of carbonyl (C=O) groups is 3. The molecular weight excluding hydrogens is 472 g/mol. The summed E-state index contributed by atoms with van der Waals surface area (Å²) in [6, 6.07) is 16.3. The van der Waals surface area contributed by atoms with Crippen LogP contribution in [0.5, 0.6) is 0 Å². The van der Waals surface area contributed by atoms with E-state index in [0.29, 0.717) is 22.2 Å². The zero-order valence-corrected chi connectivity index (χ0v) is 19.4. The Morgan fingerprint density at radius 2 is 1.82 bits per heavy atom. The van der Waals surface area contributed by atoms with E-state index in [0.717, 1.165) is 28.3 Å².